The third-order valence-corrected chi connectivity index (χ3v) is 4.20. The number of rotatable bonds is 2. The van der Waals surface area contributed by atoms with Crippen LogP contribution in [0.1, 0.15) is 43.1 Å². The van der Waals surface area contributed by atoms with E-state index in [2.05, 4.69) is 33.7 Å². The molecule has 2 unspecified atom stereocenters. The number of nitrogens with one attached hydrogen (secondary N) is 1. The van der Waals surface area contributed by atoms with Gasteiger partial charge in [0.25, 0.3) is 0 Å². The predicted octanol–water partition coefficient (Wildman–Crippen LogP) is 2.80. The quantitative estimate of drug-likeness (QED) is 0.910. The van der Waals surface area contributed by atoms with Crippen molar-refractivity contribution >= 4 is 5.69 Å². The van der Waals surface area contributed by atoms with Crippen molar-refractivity contribution in [3.8, 4) is 0 Å². The van der Waals surface area contributed by atoms with E-state index < -0.39 is 0 Å². The number of ether oxygens (including phenoxy) is 1. The van der Waals surface area contributed by atoms with Gasteiger partial charge in [0.15, 0.2) is 0 Å². The second-order valence-corrected chi connectivity index (χ2v) is 5.70. The van der Waals surface area contributed by atoms with Gasteiger partial charge in [0.2, 0.25) is 11.7 Å². The molecular formula is C15H17N3O2. The van der Waals surface area contributed by atoms with Gasteiger partial charge >= 0.3 is 0 Å². The molecule has 2 atom stereocenters. The number of fused-ring (bicyclic) bond motifs is 1. The Morgan fingerprint density at radius 3 is 3.05 bits per heavy atom. The van der Waals surface area contributed by atoms with Crippen molar-refractivity contribution in [2.45, 2.75) is 37.8 Å². The van der Waals surface area contributed by atoms with E-state index >= 15 is 0 Å². The monoisotopic (exact) mass is 271 g/mol. The van der Waals surface area contributed by atoms with Crippen LogP contribution in [0.25, 0.3) is 0 Å². The van der Waals surface area contributed by atoms with Gasteiger partial charge in [-0.25, -0.2) is 0 Å². The second kappa shape index (κ2) is 4.31. The van der Waals surface area contributed by atoms with E-state index in [1.807, 2.05) is 13.0 Å². The van der Waals surface area contributed by atoms with Gasteiger partial charge in [0.1, 0.15) is 11.6 Å². The minimum Gasteiger partial charge on any atom is -0.373 e. The van der Waals surface area contributed by atoms with Gasteiger partial charge in [-0.05, 0) is 31.4 Å². The topological polar surface area (TPSA) is 60.2 Å². The highest BCUT2D eigenvalue weighted by Crippen LogP contribution is 2.36. The van der Waals surface area contributed by atoms with Gasteiger partial charge < -0.3 is 14.6 Å². The van der Waals surface area contributed by atoms with Crippen molar-refractivity contribution in [1.29, 1.82) is 0 Å². The first-order valence-corrected chi connectivity index (χ1v) is 7.07. The van der Waals surface area contributed by atoms with Crippen LogP contribution in [0.2, 0.25) is 0 Å². The molecule has 5 nitrogen and oxygen atoms in total. The smallest absolute Gasteiger partial charge is 0.249 e. The van der Waals surface area contributed by atoms with Crippen LogP contribution in [-0.2, 0) is 16.8 Å². The van der Waals surface area contributed by atoms with Gasteiger partial charge in [-0.3, -0.25) is 0 Å². The summed E-state index contributed by atoms with van der Waals surface area (Å²) in [4.78, 5) is 4.56. The molecule has 2 aliphatic rings. The molecule has 1 fully saturated rings. The Morgan fingerprint density at radius 2 is 2.25 bits per heavy atom. The van der Waals surface area contributed by atoms with Gasteiger partial charge in [-0.1, -0.05) is 23.4 Å². The molecule has 1 N–H and O–H groups in total. The molecule has 5 heteroatoms. The molecule has 20 heavy (non-hydrogen) atoms. The normalized spacial score (nSPS) is 28.4. The molecule has 1 aromatic carbocycles. The molecule has 3 heterocycles. The van der Waals surface area contributed by atoms with Crippen molar-refractivity contribution in [3.63, 3.8) is 0 Å². The molecule has 4 rings (SSSR count). The lowest BCUT2D eigenvalue weighted by Crippen LogP contribution is -2.22. The minimum atomic E-state index is -0.382. The Hall–Kier alpha value is -1.88. The summed E-state index contributed by atoms with van der Waals surface area (Å²) in [5.41, 5.74) is 2.06. The summed E-state index contributed by atoms with van der Waals surface area (Å²) < 4.78 is 11.2. The predicted molar refractivity (Wildman–Crippen MR) is 73.3 cm³/mol. The average molecular weight is 271 g/mol. The van der Waals surface area contributed by atoms with Gasteiger partial charge in [0.05, 0.1) is 0 Å². The standard InChI is InChI=1S/C15H17N3O2/c1-15(7-4-8-19-15)14-17-13(20-18-14)12-9-10-5-2-3-6-11(10)16-12/h2-3,5-6,12,16H,4,7-9H2,1H3. The summed E-state index contributed by atoms with van der Waals surface area (Å²) in [6.45, 7) is 2.80. The maximum absolute atomic E-state index is 5.76. The first kappa shape index (κ1) is 11.9. The molecule has 2 aliphatic heterocycles. The fourth-order valence-electron chi connectivity index (χ4n) is 2.99. The number of hydrogen-bond donors (Lipinski definition) is 1. The fourth-order valence-corrected chi connectivity index (χ4v) is 2.99. The third-order valence-electron chi connectivity index (χ3n) is 4.20. The highest BCUT2D eigenvalue weighted by Gasteiger charge is 2.38. The van der Waals surface area contributed by atoms with Crippen LogP contribution >= 0.6 is 0 Å². The van der Waals surface area contributed by atoms with Crippen LogP contribution in [0, 0.1) is 0 Å². The molecule has 0 saturated carbocycles. The largest absolute Gasteiger partial charge is 0.373 e. The summed E-state index contributed by atoms with van der Waals surface area (Å²) in [7, 11) is 0. The van der Waals surface area contributed by atoms with Crippen molar-refractivity contribution in [3.05, 3.63) is 41.5 Å². The maximum Gasteiger partial charge on any atom is 0.249 e. The zero-order valence-corrected chi connectivity index (χ0v) is 11.4. The molecule has 0 amide bonds. The molecule has 0 spiro atoms. The Balaban J connectivity index is 1.58. The molecule has 0 bridgehead atoms. The zero-order chi connectivity index (χ0) is 13.6. The minimum absolute atomic E-state index is 0.0682. The summed E-state index contributed by atoms with van der Waals surface area (Å²) in [6, 6.07) is 8.35. The number of aromatic nitrogens is 2. The number of anilines is 1. The van der Waals surface area contributed by atoms with Crippen molar-refractivity contribution in [1.82, 2.24) is 10.1 Å². The van der Waals surface area contributed by atoms with Crippen LogP contribution in [0.4, 0.5) is 5.69 Å². The van der Waals surface area contributed by atoms with E-state index in [9.17, 15) is 0 Å². The van der Waals surface area contributed by atoms with Crippen LogP contribution in [0.5, 0.6) is 0 Å². The van der Waals surface area contributed by atoms with E-state index in [4.69, 9.17) is 9.26 Å². The zero-order valence-electron chi connectivity index (χ0n) is 11.4. The SMILES string of the molecule is CC1(c2noc(C3Cc4ccccc4N3)n2)CCCO1. The number of hydrogen-bond acceptors (Lipinski definition) is 5. The van der Waals surface area contributed by atoms with Crippen LogP contribution in [0.3, 0.4) is 0 Å². The summed E-state index contributed by atoms with van der Waals surface area (Å²) in [5.74, 6) is 1.32. The van der Waals surface area contributed by atoms with E-state index in [1.165, 1.54) is 5.56 Å². The summed E-state index contributed by atoms with van der Waals surface area (Å²) in [6.07, 6.45) is 2.88. The molecule has 2 aromatic rings. The van der Waals surface area contributed by atoms with Gasteiger partial charge in [-0.15, -0.1) is 0 Å². The van der Waals surface area contributed by atoms with Crippen LogP contribution < -0.4 is 5.32 Å². The third kappa shape index (κ3) is 1.81. The number of para-hydroxylation sites is 1. The Kier molecular flexibility index (Phi) is 2.57. The Labute approximate surface area is 117 Å². The Morgan fingerprint density at radius 1 is 1.35 bits per heavy atom. The molecule has 0 aliphatic carbocycles. The lowest BCUT2D eigenvalue weighted by Gasteiger charge is -2.17. The van der Waals surface area contributed by atoms with Crippen molar-refractivity contribution in [2.75, 3.05) is 11.9 Å². The summed E-state index contributed by atoms with van der Waals surface area (Å²) >= 11 is 0. The van der Waals surface area contributed by atoms with E-state index in [-0.39, 0.29) is 11.6 Å². The lowest BCUT2D eigenvalue weighted by atomic mass is 10.0. The van der Waals surface area contributed by atoms with Crippen molar-refractivity contribution in [2.24, 2.45) is 0 Å². The molecule has 104 valence electrons. The van der Waals surface area contributed by atoms with Crippen LogP contribution in [0.15, 0.2) is 28.8 Å². The molecular weight excluding hydrogens is 254 g/mol. The highest BCUT2D eigenvalue weighted by atomic mass is 16.5. The van der Waals surface area contributed by atoms with Gasteiger partial charge in [0, 0.05) is 18.7 Å². The first-order chi connectivity index (χ1) is 9.74. The molecule has 1 aromatic heterocycles. The fraction of sp³-hybridized carbons (Fsp3) is 0.467. The molecule has 1 saturated heterocycles. The first-order valence-electron chi connectivity index (χ1n) is 7.07. The molecule has 0 radical (unpaired) electrons. The average Bonchev–Trinajstić information content (AvgIpc) is 3.17. The van der Waals surface area contributed by atoms with E-state index in [1.54, 1.807) is 0 Å². The second-order valence-electron chi connectivity index (χ2n) is 5.70. The lowest BCUT2D eigenvalue weighted by molar-refractivity contribution is 0.00768. The van der Waals surface area contributed by atoms with Crippen LogP contribution in [-0.4, -0.2) is 16.7 Å². The van der Waals surface area contributed by atoms with Gasteiger partial charge in [-0.2, -0.15) is 4.98 Å². The van der Waals surface area contributed by atoms with E-state index in [0.717, 1.165) is 31.6 Å². The number of nitrogens with zero attached hydrogens (tertiary/aromatic N) is 2. The highest BCUT2D eigenvalue weighted by molar-refractivity contribution is 5.56. The van der Waals surface area contributed by atoms with E-state index in [0.29, 0.717) is 11.7 Å². The Bertz CT molecular complexity index is 607. The maximum atomic E-state index is 5.76. The number of benzene rings is 1. The summed E-state index contributed by atoms with van der Waals surface area (Å²) in [5, 5.41) is 7.56. The van der Waals surface area contributed by atoms with Crippen molar-refractivity contribution < 1.29 is 9.26 Å².